The Bertz CT molecular complexity index is 2800. The number of anilines is 3. The van der Waals surface area contributed by atoms with Gasteiger partial charge in [0.1, 0.15) is 28.1 Å². The number of carboxylic acids is 1. The Morgan fingerprint density at radius 1 is 0.707 bits per heavy atom. The SMILES string of the molecule is COc1ccc(N(c2ccc(OC)cc2)c2ccc(-c3ccc(-c4sc(-c5ccc(-c6nc7cc(C(F)(F)F)ccc7s6)s5)cc4C=C(C#N)C(=O)O)s3)cc2)cc1. The molecule has 8 aromatic rings. The van der Waals surface area contributed by atoms with Crippen molar-refractivity contribution in [2.45, 2.75) is 6.18 Å². The Balaban J connectivity index is 1.11. The number of alkyl halides is 3. The van der Waals surface area contributed by atoms with Gasteiger partial charge in [-0.2, -0.15) is 18.4 Å². The minimum absolute atomic E-state index is 0.281. The van der Waals surface area contributed by atoms with E-state index in [0.717, 1.165) is 75.5 Å². The second-order valence-corrected chi connectivity index (χ2v) is 16.9. The zero-order chi connectivity index (χ0) is 40.6. The fraction of sp³-hybridized carbons (Fsp3) is 0.0682. The molecule has 4 heterocycles. The number of halogens is 3. The Morgan fingerprint density at radius 2 is 1.28 bits per heavy atom. The first-order chi connectivity index (χ1) is 28.0. The van der Waals surface area contributed by atoms with E-state index in [2.05, 4.69) is 34.1 Å². The van der Waals surface area contributed by atoms with Crippen LogP contribution >= 0.6 is 45.3 Å². The molecule has 0 aliphatic carbocycles. The molecular formula is C44H28F3N3O4S4. The van der Waals surface area contributed by atoms with Crippen molar-refractivity contribution in [3.05, 3.63) is 138 Å². The third-order valence-corrected chi connectivity index (χ3v) is 14.0. The minimum Gasteiger partial charge on any atom is -0.497 e. The number of nitrogens with zero attached hydrogens (tertiary/aromatic N) is 3. The molecule has 8 rings (SSSR count). The molecule has 7 nitrogen and oxygen atoms in total. The molecular weight excluding hydrogens is 820 g/mol. The molecule has 0 saturated heterocycles. The van der Waals surface area contributed by atoms with Crippen LogP contribution in [0.15, 0.2) is 127 Å². The topological polar surface area (TPSA) is 95.7 Å². The second kappa shape index (κ2) is 16.0. The van der Waals surface area contributed by atoms with E-state index in [1.165, 1.54) is 46.2 Å². The highest BCUT2D eigenvalue weighted by molar-refractivity contribution is 7.29. The summed E-state index contributed by atoms with van der Waals surface area (Å²) in [5.41, 5.74) is 3.55. The van der Waals surface area contributed by atoms with Gasteiger partial charge in [0.25, 0.3) is 0 Å². The molecule has 0 bridgehead atoms. The number of carboxylic acid groups (broad SMARTS) is 1. The van der Waals surface area contributed by atoms with Crippen LogP contribution < -0.4 is 14.4 Å². The first-order valence-electron chi connectivity index (χ1n) is 17.4. The standard InChI is InChI=1S/C44H28F3N3O4S4/c1-53-32-12-8-30(9-13-32)50(31-10-14-33(54-2)15-11-31)29-6-3-25(4-7-29)35-17-19-38(55-35)41-26(21-27(24-48)43(51)52)22-40(57-41)37-18-20-39(56-37)42-49-34-23-28(44(45,46)47)5-16-36(34)58-42/h3-23H,1-2H3,(H,51,52). The van der Waals surface area contributed by atoms with Crippen LogP contribution in [0.25, 0.3) is 56.1 Å². The Morgan fingerprint density at radius 3 is 1.86 bits per heavy atom. The molecule has 0 spiro atoms. The first-order valence-corrected chi connectivity index (χ1v) is 20.6. The summed E-state index contributed by atoms with van der Waals surface area (Å²) in [4.78, 5) is 23.7. The number of hydrogen-bond donors (Lipinski definition) is 1. The van der Waals surface area contributed by atoms with E-state index in [0.29, 0.717) is 15.3 Å². The van der Waals surface area contributed by atoms with Gasteiger partial charge in [-0.25, -0.2) is 9.78 Å². The average Bonchev–Trinajstić information content (AvgIpc) is 4.06. The number of fused-ring (bicyclic) bond motifs is 1. The Hall–Kier alpha value is -6.24. The van der Waals surface area contributed by atoms with Crippen LogP contribution in [0, 0.1) is 11.3 Å². The largest absolute Gasteiger partial charge is 0.497 e. The van der Waals surface area contributed by atoms with Crippen LogP contribution in [0.5, 0.6) is 11.5 Å². The number of ether oxygens (including phenoxy) is 2. The molecule has 0 saturated carbocycles. The number of thiazole rings is 1. The Labute approximate surface area is 346 Å². The normalized spacial score (nSPS) is 11.8. The van der Waals surface area contributed by atoms with Crippen molar-refractivity contribution in [1.82, 2.24) is 4.98 Å². The fourth-order valence-electron chi connectivity index (χ4n) is 6.22. The van der Waals surface area contributed by atoms with Crippen LogP contribution in [0.1, 0.15) is 11.1 Å². The summed E-state index contributed by atoms with van der Waals surface area (Å²) in [5.74, 6) is 0.182. The van der Waals surface area contributed by atoms with Crippen molar-refractivity contribution in [3.63, 3.8) is 0 Å². The minimum atomic E-state index is -4.46. The summed E-state index contributed by atoms with van der Waals surface area (Å²) < 4.78 is 51.4. The highest BCUT2D eigenvalue weighted by atomic mass is 32.1. The van der Waals surface area contributed by atoms with Gasteiger partial charge in [-0.15, -0.1) is 45.3 Å². The number of aliphatic carboxylic acids is 1. The number of carbonyl (C=O) groups is 1. The van der Waals surface area contributed by atoms with Crippen molar-refractivity contribution in [3.8, 4) is 57.4 Å². The number of hydrogen-bond acceptors (Lipinski definition) is 10. The first kappa shape index (κ1) is 38.6. The van der Waals surface area contributed by atoms with E-state index in [1.54, 1.807) is 31.6 Å². The van der Waals surface area contributed by atoms with Crippen LogP contribution in [-0.4, -0.2) is 30.3 Å². The molecule has 0 unspecified atom stereocenters. The van der Waals surface area contributed by atoms with Crippen molar-refractivity contribution < 1.29 is 32.5 Å². The van der Waals surface area contributed by atoms with Crippen molar-refractivity contribution in [2.75, 3.05) is 19.1 Å². The van der Waals surface area contributed by atoms with E-state index in [-0.39, 0.29) is 5.52 Å². The lowest BCUT2D eigenvalue weighted by Gasteiger charge is -2.26. The maximum Gasteiger partial charge on any atom is 0.416 e. The number of nitriles is 1. The lowest BCUT2D eigenvalue weighted by molar-refractivity contribution is -0.137. The molecule has 0 radical (unpaired) electrons. The summed E-state index contributed by atoms with van der Waals surface area (Å²) in [5, 5.41) is 19.9. The van der Waals surface area contributed by atoms with Gasteiger partial charge in [0.2, 0.25) is 0 Å². The van der Waals surface area contributed by atoms with Gasteiger partial charge >= 0.3 is 12.1 Å². The van der Waals surface area contributed by atoms with E-state index in [4.69, 9.17) is 9.47 Å². The average molecular weight is 848 g/mol. The maximum atomic E-state index is 13.3. The van der Waals surface area contributed by atoms with E-state index in [9.17, 15) is 28.3 Å². The number of methoxy groups -OCH3 is 2. The van der Waals surface area contributed by atoms with Crippen LogP contribution in [0.2, 0.25) is 0 Å². The molecule has 14 heteroatoms. The molecule has 0 aliphatic heterocycles. The summed E-state index contributed by atoms with van der Waals surface area (Å²) in [6.07, 6.45) is -3.07. The third kappa shape index (κ3) is 7.85. The number of aromatic nitrogens is 1. The smallest absolute Gasteiger partial charge is 0.416 e. The summed E-state index contributed by atoms with van der Waals surface area (Å²) in [7, 11) is 3.27. The fourth-order valence-corrected chi connectivity index (χ4v) is 10.6. The lowest BCUT2D eigenvalue weighted by Crippen LogP contribution is -2.09. The van der Waals surface area contributed by atoms with Gasteiger partial charge in [0.15, 0.2) is 0 Å². The van der Waals surface area contributed by atoms with Crippen LogP contribution in [-0.2, 0) is 11.0 Å². The Kier molecular flexibility index (Phi) is 10.6. The van der Waals surface area contributed by atoms with Gasteiger partial charge in [0.05, 0.1) is 39.8 Å². The number of benzene rings is 4. The molecule has 0 aliphatic rings. The molecule has 58 heavy (non-hydrogen) atoms. The molecule has 0 amide bonds. The zero-order valence-electron chi connectivity index (χ0n) is 30.4. The molecule has 4 aromatic carbocycles. The van der Waals surface area contributed by atoms with Gasteiger partial charge < -0.3 is 19.5 Å². The molecule has 4 aromatic heterocycles. The van der Waals surface area contributed by atoms with E-state index in [1.807, 2.05) is 78.9 Å². The quantitative estimate of drug-likeness (QED) is 0.102. The van der Waals surface area contributed by atoms with Gasteiger partial charge in [-0.1, -0.05) is 12.1 Å². The van der Waals surface area contributed by atoms with Gasteiger partial charge in [-0.3, -0.25) is 0 Å². The second-order valence-electron chi connectivity index (χ2n) is 12.7. The summed E-state index contributed by atoms with van der Waals surface area (Å²) in [6, 6.07) is 38.9. The van der Waals surface area contributed by atoms with Crippen LogP contribution in [0.4, 0.5) is 30.2 Å². The molecule has 1 N–H and O–H groups in total. The molecule has 0 atom stereocenters. The predicted molar refractivity (Wildman–Crippen MR) is 229 cm³/mol. The van der Waals surface area contributed by atoms with Crippen LogP contribution in [0.3, 0.4) is 0 Å². The van der Waals surface area contributed by atoms with E-state index >= 15 is 0 Å². The highest BCUT2D eigenvalue weighted by Gasteiger charge is 2.31. The zero-order valence-corrected chi connectivity index (χ0v) is 33.7. The van der Waals surface area contributed by atoms with E-state index < -0.39 is 23.3 Å². The monoisotopic (exact) mass is 847 g/mol. The maximum absolute atomic E-state index is 13.3. The van der Waals surface area contributed by atoms with Gasteiger partial charge in [0, 0.05) is 36.6 Å². The van der Waals surface area contributed by atoms with Crippen molar-refractivity contribution in [2.24, 2.45) is 0 Å². The highest BCUT2D eigenvalue weighted by Crippen LogP contribution is 2.47. The molecule has 0 fully saturated rings. The number of thiophene rings is 3. The third-order valence-electron chi connectivity index (χ3n) is 9.09. The van der Waals surface area contributed by atoms with Crippen molar-refractivity contribution >= 4 is 84.7 Å². The lowest BCUT2D eigenvalue weighted by atomic mass is 10.1. The summed E-state index contributed by atoms with van der Waals surface area (Å²) in [6.45, 7) is 0. The van der Waals surface area contributed by atoms with Gasteiger partial charge in [-0.05, 0) is 126 Å². The number of rotatable bonds is 11. The predicted octanol–water partition coefficient (Wildman–Crippen LogP) is 13.6. The summed E-state index contributed by atoms with van der Waals surface area (Å²) >= 11 is 5.78. The van der Waals surface area contributed by atoms with Crippen molar-refractivity contribution in [1.29, 1.82) is 5.26 Å². The molecule has 288 valence electrons.